The van der Waals surface area contributed by atoms with Gasteiger partial charge < -0.3 is 10.5 Å². The van der Waals surface area contributed by atoms with Crippen LogP contribution in [0.1, 0.15) is 32.1 Å². The number of primary amides is 1. The van der Waals surface area contributed by atoms with Gasteiger partial charge in [0.05, 0.1) is 0 Å². The maximum Gasteiger partial charge on any atom is 0.244 e. The van der Waals surface area contributed by atoms with Gasteiger partial charge in [0, 0.05) is 25.9 Å². The van der Waals surface area contributed by atoms with Crippen molar-refractivity contribution in [3.8, 4) is 0 Å². The number of hydroxylamine groups is 1. The van der Waals surface area contributed by atoms with Crippen LogP contribution in [0, 0.1) is 0 Å². The number of amides is 2. The quantitative estimate of drug-likeness (QED) is 0.624. The number of nitrogens with one attached hydrogen (secondary N) is 1. The Bertz CT molecular complexity index is 226. The lowest BCUT2D eigenvalue weighted by Crippen LogP contribution is -2.33. The van der Waals surface area contributed by atoms with Crippen molar-refractivity contribution in [2.75, 3.05) is 6.61 Å². The summed E-state index contributed by atoms with van der Waals surface area (Å²) >= 11 is 0. The Balaban J connectivity index is 2.07. The van der Waals surface area contributed by atoms with Crippen LogP contribution in [0.5, 0.6) is 0 Å². The van der Waals surface area contributed by atoms with E-state index >= 15 is 0 Å². The lowest BCUT2D eigenvalue weighted by atomic mass is 10.2. The largest absolute Gasteiger partial charge is 0.370 e. The van der Waals surface area contributed by atoms with E-state index in [-0.39, 0.29) is 25.0 Å². The average Bonchev–Trinajstić information content (AvgIpc) is 2.25. The van der Waals surface area contributed by atoms with Crippen LogP contribution in [-0.4, -0.2) is 24.7 Å². The second-order valence-corrected chi connectivity index (χ2v) is 3.41. The molecule has 0 aromatic heterocycles. The third kappa shape index (κ3) is 5.34. The summed E-state index contributed by atoms with van der Waals surface area (Å²) in [6.07, 6.45) is 2.53. The van der Waals surface area contributed by atoms with Gasteiger partial charge in [-0.3, -0.25) is 9.59 Å². The molecule has 0 saturated carbocycles. The first-order valence-corrected chi connectivity index (χ1v) is 5.03. The summed E-state index contributed by atoms with van der Waals surface area (Å²) in [6, 6.07) is 0. The molecule has 6 nitrogen and oxygen atoms in total. The van der Waals surface area contributed by atoms with Crippen molar-refractivity contribution in [2.24, 2.45) is 5.73 Å². The number of nitrogens with two attached hydrogens (primary N) is 1. The van der Waals surface area contributed by atoms with E-state index in [9.17, 15) is 9.59 Å². The van der Waals surface area contributed by atoms with Crippen molar-refractivity contribution in [3.05, 3.63) is 0 Å². The number of ether oxygens (including phenoxy) is 1. The molecule has 3 N–H and O–H groups in total. The lowest BCUT2D eigenvalue weighted by molar-refractivity contribution is -0.200. The van der Waals surface area contributed by atoms with Crippen molar-refractivity contribution in [2.45, 2.75) is 38.4 Å². The highest BCUT2D eigenvalue weighted by atomic mass is 16.8. The monoisotopic (exact) mass is 216 g/mol. The lowest BCUT2D eigenvalue weighted by Gasteiger charge is -2.21. The average molecular weight is 216 g/mol. The molecule has 1 rings (SSSR count). The zero-order valence-corrected chi connectivity index (χ0v) is 8.53. The molecule has 6 heteroatoms. The summed E-state index contributed by atoms with van der Waals surface area (Å²) in [5.74, 6) is -0.859. The standard InChI is InChI=1S/C9H16N2O4/c10-7(12)4-5-8(13)11-15-9-3-1-2-6-14-9/h9H,1-6H2,(H2,10,12)(H,11,13). The molecule has 1 saturated heterocycles. The van der Waals surface area contributed by atoms with Gasteiger partial charge in [0.25, 0.3) is 0 Å². The summed E-state index contributed by atoms with van der Waals surface area (Å²) in [5, 5.41) is 0. The predicted octanol–water partition coefficient (Wildman–Crippen LogP) is -0.174. The first kappa shape index (κ1) is 11.9. The van der Waals surface area contributed by atoms with Gasteiger partial charge in [0.1, 0.15) is 0 Å². The van der Waals surface area contributed by atoms with E-state index < -0.39 is 5.91 Å². The number of carbonyl (C=O) groups excluding carboxylic acids is 2. The third-order valence-corrected chi connectivity index (χ3v) is 2.04. The fraction of sp³-hybridized carbons (Fsp3) is 0.778. The minimum atomic E-state index is -0.501. The highest BCUT2D eigenvalue weighted by molar-refractivity contribution is 5.82. The smallest absolute Gasteiger partial charge is 0.244 e. The maximum absolute atomic E-state index is 11.1. The summed E-state index contributed by atoms with van der Waals surface area (Å²) in [6.45, 7) is 0.655. The predicted molar refractivity (Wildman–Crippen MR) is 51.2 cm³/mol. The van der Waals surface area contributed by atoms with E-state index in [2.05, 4.69) is 5.48 Å². The first-order chi connectivity index (χ1) is 7.18. The molecule has 0 aromatic rings. The Morgan fingerprint density at radius 2 is 2.20 bits per heavy atom. The van der Waals surface area contributed by atoms with Gasteiger partial charge in [-0.1, -0.05) is 0 Å². The highest BCUT2D eigenvalue weighted by Gasteiger charge is 2.15. The van der Waals surface area contributed by atoms with E-state index in [1.54, 1.807) is 0 Å². The number of hydrogen-bond acceptors (Lipinski definition) is 4. The second kappa shape index (κ2) is 6.36. The SMILES string of the molecule is NC(=O)CCC(=O)NOC1CCCCO1. The molecule has 1 atom stereocenters. The fourth-order valence-corrected chi connectivity index (χ4v) is 1.22. The summed E-state index contributed by atoms with van der Waals surface area (Å²) in [5.41, 5.74) is 7.13. The number of carbonyl (C=O) groups is 2. The van der Waals surface area contributed by atoms with Gasteiger partial charge in [0.2, 0.25) is 11.8 Å². The summed E-state index contributed by atoms with van der Waals surface area (Å²) < 4.78 is 5.23. The topological polar surface area (TPSA) is 90.7 Å². The van der Waals surface area contributed by atoms with Crippen LogP contribution in [0.3, 0.4) is 0 Å². The van der Waals surface area contributed by atoms with Gasteiger partial charge in [-0.2, -0.15) is 0 Å². The molecule has 1 heterocycles. The normalized spacial score (nSPS) is 20.9. The third-order valence-electron chi connectivity index (χ3n) is 2.04. The van der Waals surface area contributed by atoms with E-state index in [0.29, 0.717) is 6.61 Å². The Hall–Kier alpha value is -1.14. The van der Waals surface area contributed by atoms with Crippen LogP contribution in [-0.2, 0) is 19.2 Å². The van der Waals surface area contributed by atoms with Gasteiger partial charge >= 0.3 is 0 Å². The van der Waals surface area contributed by atoms with Gasteiger partial charge in [-0.25, -0.2) is 10.3 Å². The molecule has 0 bridgehead atoms. The van der Waals surface area contributed by atoms with E-state index in [0.717, 1.165) is 19.3 Å². The molecule has 1 fully saturated rings. The van der Waals surface area contributed by atoms with E-state index in [1.165, 1.54) is 0 Å². The van der Waals surface area contributed by atoms with Crippen LogP contribution in [0.25, 0.3) is 0 Å². The van der Waals surface area contributed by atoms with Crippen LogP contribution in [0.2, 0.25) is 0 Å². The molecule has 0 aliphatic carbocycles. The molecule has 1 aliphatic rings. The van der Waals surface area contributed by atoms with Crippen LogP contribution >= 0.6 is 0 Å². The molecule has 0 aromatic carbocycles. The summed E-state index contributed by atoms with van der Waals surface area (Å²) in [4.78, 5) is 26.5. The Kier molecular flexibility index (Phi) is 5.06. The minimum Gasteiger partial charge on any atom is -0.370 e. The molecule has 0 spiro atoms. The van der Waals surface area contributed by atoms with Crippen molar-refractivity contribution in [1.82, 2.24) is 5.48 Å². The van der Waals surface area contributed by atoms with Crippen molar-refractivity contribution >= 4 is 11.8 Å². The Labute approximate surface area is 88.0 Å². The van der Waals surface area contributed by atoms with E-state index in [4.69, 9.17) is 15.3 Å². The fourth-order valence-electron chi connectivity index (χ4n) is 1.22. The molecule has 15 heavy (non-hydrogen) atoms. The number of hydrogen-bond donors (Lipinski definition) is 2. The molecular formula is C9H16N2O4. The van der Waals surface area contributed by atoms with Crippen LogP contribution < -0.4 is 11.2 Å². The maximum atomic E-state index is 11.1. The van der Waals surface area contributed by atoms with Gasteiger partial charge in [-0.05, 0) is 12.8 Å². The molecule has 0 radical (unpaired) electrons. The van der Waals surface area contributed by atoms with Gasteiger partial charge in [-0.15, -0.1) is 0 Å². The molecule has 1 unspecified atom stereocenters. The van der Waals surface area contributed by atoms with Crippen molar-refractivity contribution in [1.29, 1.82) is 0 Å². The number of rotatable bonds is 5. The first-order valence-electron chi connectivity index (χ1n) is 5.03. The van der Waals surface area contributed by atoms with Crippen molar-refractivity contribution in [3.63, 3.8) is 0 Å². The summed E-state index contributed by atoms with van der Waals surface area (Å²) in [7, 11) is 0. The highest BCUT2D eigenvalue weighted by Crippen LogP contribution is 2.12. The zero-order chi connectivity index (χ0) is 11.1. The second-order valence-electron chi connectivity index (χ2n) is 3.41. The van der Waals surface area contributed by atoms with E-state index in [1.807, 2.05) is 0 Å². The Morgan fingerprint density at radius 1 is 1.40 bits per heavy atom. The molecule has 1 aliphatic heterocycles. The van der Waals surface area contributed by atoms with Crippen LogP contribution in [0.15, 0.2) is 0 Å². The Morgan fingerprint density at radius 3 is 2.80 bits per heavy atom. The van der Waals surface area contributed by atoms with Gasteiger partial charge in [0.15, 0.2) is 6.29 Å². The van der Waals surface area contributed by atoms with Crippen molar-refractivity contribution < 1.29 is 19.2 Å². The minimum absolute atomic E-state index is 0.0285. The molecule has 2 amide bonds. The molecular weight excluding hydrogens is 200 g/mol. The zero-order valence-electron chi connectivity index (χ0n) is 8.53. The van der Waals surface area contributed by atoms with Crippen LogP contribution in [0.4, 0.5) is 0 Å². The molecule has 86 valence electrons.